The molecule has 0 heterocycles. The second kappa shape index (κ2) is 6.20. The van der Waals surface area contributed by atoms with Crippen LogP contribution in [0.1, 0.15) is 18.1 Å². The highest BCUT2D eigenvalue weighted by Gasteiger charge is 2.19. The Morgan fingerprint density at radius 1 is 1.28 bits per heavy atom. The second-order valence-electron chi connectivity index (χ2n) is 4.43. The van der Waals surface area contributed by atoms with Crippen molar-refractivity contribution in [2.24, 2.45) is 0 Å². The van der Waals surface area contributed by atoms with Crippen LogP contribution in [0.2, 0.25) is 0 Å². The van der Waals surface area contributed by atoms with Crippen LogP contribution in [0.15, 0.2) is 18.2 Å². The number of anilines is 1. The summed E-state index contributed by atoms with van der Waals surface area (Å²) in [6, 6.07) is 5.78. The van der Waals surface area contributed by atoms with Crippen molar-refractivity contribution in [3.05, 3.63) is 29.3 Å². The molecule has 0 aromatic heterocycles. The third-order valence-electron chi connectivity index (χ3n) is 2.90. The van der Waals surface area contributed by atoms with E-state index in [2.05, 4.69) is 5.32 Å². The predicted molar refractivity (Wildman–Crippen MR) is 76.6 cm³/mol. The fraction of sp³-hybridized carbons (Fsp3) is 0.538. The molecule has 0 aliphatic heterocycles. The molecule has 0 saturated heterocycles. The van der Waals surface area contributed by atoms with Crippen molar-refractivity contribution in [3.8, 4) is 0 Å². The van der Waals surface area contributed by atoms with Gasteiger partial charge in [0.05, 0.1) is 11.4 Å². The van der Waals surface area contributed by atoms with Gasteiger partial charge in [-0.15, -0.1) is 0 Å². The minimum atomic E-state index is -3.25. The first-order chi connectivity index (χ1) is 8.38. The van der Waals surface area contributed by atoms with Gasteiger partial charge in [0.1, 0.15) is 0 Å². The molecule has 0 atom stereocenters. The highest BCUT2D eigenvalue weighted by molar-refractivity contribution is 7.92. The highest BCUT2D eigenvalue weighted by atomic mass is 32.2. The van der Waals surface area contributed by atoms with Gasteiger partial charge in [0.15, 0.2) is 0 Å². The van der Waals surface area contributed by atoms with Crippen LogP contribution in [0.25, 0.3) is 0 Å². The van der Waals surface area contributed by atoms with Crippen LogP contribution in [-0.4, -0.2) is 34.3 Å². The van der Waals surface area contributed by atoms with Gasteiger partial charge in [-0.1, -0.05) is 24.6 Å². The molecule has 0 fully saturated rings. The van der Waals surface area contributed by atoms with Crippen molar-refractivity contribution in [2.75, 3.05) is 30.2 Å². The topological polar surface area (TPSA) is 49.4 Å². The molecule has 5 heteroatoms. The molecule has 0 bridgehead atoms. The first-order valence-corrected chi connectivity index (χ1v) is 7.74. The average molecular weight is 270 g/mol. The van der Waals surface area contributed by atoms with Crippen LogP contribution in [0.4, 0.5) is 5.69 Å². The van der Waals surface area contributed by atoms with Crippen LogP contribution in [0.5, 0.6) is 0 Å². The van der Waals surface area contributed by atoms with Crippen molar-refractivity contribution in [2.45, 2.75) is 20.8 Å². The summed E-state index contributed by atoms with van der Waals surface area (Å²) in [5, 5.41) is 3.03. The lowest BCUT2D eigenvalue weighted by Gasteiger charge is -2.21. The Morgan fingerprint density at radius 3 is 2.50 bits per heavy atom. The molecule has 0 saturated carbocycles. The van der Waals surface area contributed by atoms with Crippen LogP contribution < -0.4 is 9.62 Å². The van der Waals surface area contributed by atoms with E-state index in [9.17, 15) is 8.42 Å². The summed E-state index contributed by atoms with van der Waals surface area (Å²) < 4.78 is 25.6. The third-order valence-corrected chi connectivity index (χ3v) is 4.65. The zero-order valence-corrected chi connectivity index (χ0v) is 12.3. The standard InChI is InChI=1S/C13H22N2O2S/c1-5-14-8-9-18(16,17)15(4)13-7-6-11(2)10-12(13)3/h6-7,10,14H,5,8-9H2,1-4H3. The molecule has 0 unspecified atom stereocenters. The van der Waals surface area contributed by atoms with Crippen molar-refractivity contribution < 1.29 is 8.42 Å². The number of aryl methyl sites for hydroxylation is 2. The zero-order valence-electron chi connectivity index (χ0n) is 11.5. The van der Waals surface area contributed by atoms with E-state index in [1.54, 1.807) is 7.05 Å². The number of hydrogen-bond donors (Lipinski definition) is 1. The van der Waals surface area contributed by atoms with Crippen molar-refractivity contribution >= 4 is 15.7 Å². The van der Waals surface area contributed by atoms with Gasteiger partial charge in [0.2, 0.25) is 10.0 Å². The van der Waals surface area contributed by atoms with Crippen LogP contribution in [0.3, 0.4) is 0 Å². The SMILES string of the molecule is CCNCCS(=O)(=O)N(C)c1ccc(C)cc1C. The van der Waals surface area contributed by atoms with Gasteiger partial charge in [-0.25, -0.2) is 8.42 Å². The smallest absolute Gasteiger partial charge is 0.236 e. The Labute approximate surface area is 110 Å². The fourth-order valence-electron chi connectivity index (χ4n) is 1.82. The monoisotopic (exact) mass is 270 g/mol. The molecule has 0 aliphatic carbocycles. The van der Waals surface area contributed by atoms with Gasteiger partial charge in [0, 0.05) is 13.6 Å². The number of nitrogens with zero attached hydrogens (tertiary/aromatic N) is 1. The average Bonchev–Trinajstić information content (AvgIpc) is 2.28. The molecule has 1 aromatic rings. The predicted octanol–water partition coefficient (Wildman–Crippen LogP) is 1.68. The molecule has 0 amide bonds. The number of benzene rings is 1. The summed E-state index contributed by atoms with van der Waals surface area (Å²) in [4.78, 5) is 0. The van der Waals surface area contributed by atoms with Crippen molar-refractivity contribution in [3.63, 3.8) is 0 Å². The first-order valence-electron chi connectivity index (χ1n) is 6.13. The molecule has 1 rings (SSSR count). The summed E-state index contributed by atoms with van der Waals surface area (Å²) in [5.74, 6) is 0.116. The van der Waals surface area contributed by atoms with E-state index in [1.165, 1.54) is 4.31 Å². The Morgan fingerprint density at radius 2 is 1.94 bits per heavy atom. The lowest BCUT2D eigenvalue weighted by Crippen LogP contribution is -2.34. The molecule has 1 aromatic carbocycles. The summed E-state index contributed by atoms with van der Waals surface area (Å²) in [5.41, 5.74) is 2.86. The summed E-state index contributed by atoms with van der Waals surface area (Å²) in [6.45, 7) is 7.15. The van der Waals surface area contributed by atoms with Crippen LogP contribution >= 0.6 is 0 Å². The molecular formula is C13H22N2O2S. The van der Waals surface area contributed by atoms with E-state index >= 15 is 0 Å². The lowest BCUT2D eigenvalue weighted by molar-refractivity contribution is 0.590. The zero-order chi connectivity index (χ0) is 13.8. The minimum absolute atomic E-state index is 0.116. The maximum absolute atomic E-state index is 12.1. The Kier molecular flexibility index (Phi) is 5.16. The van der Waals surface area contributed by atoms with Gasteiger partial charge in [-0.3, -0.25) is 4.31 Å². The molecule has 4 nitrogen and oxygen atoms in total. The molecule has 18 heavy (non-hydrogen) atoms. The van der Waals surface area contributed by atoms with Crippen molar-refractivity contribution in [1.82, 2.24) is 5.32 Å². The van der Waals surface area contributed by atoms with Gasteiger partial charge in [-0.2, -0.15) is 0 Å². The molecule has 0 spiro atoms. The van der Waals surface area contributed by atoms with Crippen LogP contribution in [-0.2, 0) is 10.0 Å². The van der Waals surface area contributed by atoms with Gasteiger partial charge in [0.25, 0.3) is 0 Å². The van der Waals surface area contributed by atoms with E-state index in [-0.39, 0.29) is 5.75 Å². The second-order valence-corrected chi connectivity index (χ2v) is 6.55. The quantitative estimate of drug-likeness (QED) is 0.800. The Balaban J connectivity index is 2.88. The maximum atomic E-state index is 12.1. The largest absolute Gasteiger partial charge is 0.316 e. The van der Waals surface area contributed by atoms with Gasteiger partial charge < -0.3 is 5.32 Å². The third kappa shape index (κ3) is 3.71. The van der Waals surface area contributed by atoms with Gasteiger partial charge >= 0.3 is 0 Å². The Hall–Kier alpha value is -1.07. The van der Waals surface area contributed by atoms with Crippen molar-refractivity contribution in [1.29, 1.82) is 0 Å². The highest BCUT2D eigenvalue weighted by Crippen LogP contribution is 2.22. The molecule has 0 aliphatic rings. The molecule has 0 radical (unpaired) electrons. The van der Waals surface area contributed by atoms with Gasteiger partial charge in [-0.05, 0) is 32.0 Å². The van der Waals surface area contributed by atoms with E-state index < -0.39 is 10.0 Å². The summed E-state index contributed by atoms with van der Waals surface area (Å²) in [6.07, 6.45) is 0. The fourth-order valence-corrected chi connectivity index (χ4v) is 3.00. The number of rotatable bonds is 6. The van der Waals surface area contributed by atoms with E-state index in [0.29, 0.717) is 6.54 Å². The van der Waals surface area contributed by atoms with Crippen LogP contribution in [0, 0.1) is 13.8 Å². The minimum Gasteiger partial charge on any atom is -0.316 e. The number of hydrogen-bond acceptors (Lipinski definition) is 3. The lowest BCUT2D eigenvalue weighted by atomic mass is 10.1. The number of sulfonamides is 1. The van der Waals surface area contributed by atoms with E-state index in [4.69, 9.17) is 0 Å². The van der Waals surface area contributed by atoms with E-state index in [0.717, 1.165) is 23.4 Å². The molecule has 1 N–H and O–H groups in total. The Bertz CT molecular complexity index is 498. The summed E-state index contributed by atoms with van der Waals surface area (Å²) >= 11 is 0. The molecule has 102 valence electrons. The normalized spacial score (nSPS) is 11.6. The molecular weight excluding hydrogens is 248 g/mol. The van der Waals surface area contributed by atoms with E-state index in [1.807, 2.05) is 39.0 Å². The number of nitrogens with one attached hydrogen (secondary N) is 1. The first kappa shape index (κ1) is 15.0. The maximum Gasteiger partial charge on any atom is 0.236 e. The summed E-state index contributed by atoms with van der Waals surface area (Å²) in [7, 11) is -1.64.